The minimum atomic E-state index is -0.487. The molecule has 1 N–H and O–H groups in total. The van der Waals surface area contributed by atoms with Crippen LogP contribution in [0, 0.1) is 17.7 Å². The molecule has 4 rings (SSSR count). The van der Waals surface area contributed by atoms with Crippen LogP contribution in [0.3, 0.4) is 0 Å². The fourth-order valence-electron chi connectivity index (χ4n) is 3.76. The SMILES string of the molecule is COc1ccc(C#CCCNC(=O)OCC2c3ccccc3-c3ccccc32)c(F)c1. The fourth-order valence-corrected chi connectivity index (χ4v) is 3.76. The lowest BCUT2D eigenvalue weighted by atomic mass is 9.98. The number of methoxy groups -OCH3 is 1. The Kier molecular flexibility index (Phi) is 6.18. The van der Waals surface area contributed by atoms with Crippen molar-refractivity contribution in [1.29, 1.82) is 0 Å². The number of carbonyl (C=O) groups is 1. The monoisotopic (exact) mass is 415 g/mol. The lowest BCUT2D eigenvalue weighted by Gasteiger charge is -2.14. The van der Waals surface area contributed by atoms with Crippen molar-refractivity contribution in [2.45, 2.75) is 12.3 Å². The zero-order valence-electron chi connectivity index (χ0n) is 17.2. The van der Waals surface area contributed by atoms with E-state index in [2.05, 4.69) is 41.4 Å². The molecule has 3 aromatic carbocycles. The van der Waals surface area contributed by atoms with E-state index in [0.717, 1.165) is 0 Å². The van der Waals surface area contributed by atoms with Gasteiger partial charge in [-0.1, -0.05) is 60.4 Å². The summed E-state index contributed by atoms with van der Waals surface area (Å²) in [7, 11) is 1.48. The lowest BCUT2D eigenvalue weighted by molar-refractivity contribution is 0.143. The standard InChI is InChI=1S/C26H22FNO3/c1-30-19-14-13-18(25(27)16-19)8-6-7-15-28-26(29)31-17-24-22-11-4-2-9-20(22)21-10-3-5-12-23(21)24/h2-5,9-14,16,24H,7,15,17H2,1H3,(H,28,29). The van der Waals surface area contributed by atoms with E-state index >= 15 is 0 Å². The Morgan fingerprint density at radius 2 is 1.71 bits per heavy atom. The molecule has 3 aromatic rings. The van der Waals surface area contributed by atoms with E-state index in [4.69, 9.17) is 9.47 Å². The number of amides is 1. The van der Waals surface area contributed by atoms with Crippen LogP contribution in [0.25, 0.3) is 11.1 Å². The summed E-state index contributed by atoms with van der Waals surface area (Å²) in [5, 5.41) is 2.70. The minimum Gasteiger partial charge on any atom is -0.497 e. The summed E-state index contributed by atoms with van der Waals surface area (Å²) >= 11 is 0. The number of nitrogens with one attached hydrogen (secondary N) is 1. The Morgan fingerprint density at radius 3 is 2.35 bits per heavy atom. The maximum Gasteiger partial charge on any atom is 0.407 e. The molecule has 31 heavy (non-hydrogen) atoms. The molecule has 0 heterocycles. The third-order valence-electron chi connectivity index (χ3n) is 5.26. The molecule has 0 saturated carbocycles. The van der Waals surface area contributed by atoms with Crippen LogP contribution < -0.4 is 10.1 Å². The van der Waals surface area contributed by atoms with Crippen LogP contribution in [0.15, 0.2) is 66.7 Å². The van der Waals surface area contributed by atoms with Gasteiger partial charge in [0.15, 0.2) is 0 Å². The van der Waals surface area contributed by atoms with E-state index in [-0.39, 0.29) is 12.5 Å². The van der Waals surface area contributed by atoms with Gasteiger partial charge in [-0.2, -0.15) is 0 Å². The number of carbonyl (C=O) groups excluding carboxylic acids is 1. The number of ether oxygens (including phenoxy) is 2. The molecule has 0 spiro atoms. The maximum atomic E-state index is 13.9. The quantitative estimate of drug-likeness (QED) is 0.465. The molecule has 1 amide bonds. The first-order valence-corrected chi connectivity index (χ1v) is 10.1. The molecule has 4 nitrogen and oxygen atoms in total. The van der Waals surface area contributed by atoms with Crippen LogP contribution in [-0.4, -0.2) is 26.4 Å². The van der Waals surface area contributed by atoms with Crippen molar-refractivity contribution >= 4 is 6.09 Å². The summed E-state index contributed by atoms with van der Waals surface area (Å²) in [6, 6.07) is 20.9. The highest BCUT2D eigenvalue weighted by Crippen LogP contribution is 2.44. The maximum absolute atomic E-state index is 13.9. The van der Waals surface area contributed by atoms with Gasteiger partial charge < -0.3 is 14.8 Å². The third kappa shape index (κ3) is 4.54. The molecule has 1 aliphatic rings. The Labute approximate surface area is 181 Å². The van der Waals surface area contributed by atoms with Gasteiger partial charge in [0.05, 0.1) is 12.7 Å². The average molecular weight is 415 g/mol. The number of hydrogen-bond acceptors (Lipinski definition) is 3. The van der Waals surface area contributed by atoms with Crippen molar-refractivity contribution in [1.82, 2.24) is 5.32 Å². The molecular weight excluding hydrogens is 393 g/mol. The molecule has 0 radical (unpaired) electrons. The highest BCUT2D eigenvalue weighted by molar-refractivity contribution is 5.79. The number of fused-ring (bicyclic) bond motifs is 3. The van der Waals surface area contributed by atoms with E-state index in [1.165, 1.54) is 35.4 Å². The first-order valence-electron chi connectivity index (χ1n) is 10.1. The summed E-state index contributed by atoms with van der Waals surface area (Å²) in [6.45, 7) is 0.587. The second kappa shape index (κ2) is 9.36. The highest BCUT2D eigenvalue weighted by Gasteiger charge is 2.28. The van der Waals surface area contributed by atoms with Gasteiger partial charge in [-0.05, 0) is 34.4 Å². The predicted molar refractivity (Wildman–Crippen MR) is 118 cm³/mol. The zero-order valence-corrected chi connectivity index (χ0v) is 17.2. The van der Waals surface area contributed by atoms with Gasteiger partial charge in [0.2, 0.25) is 0 Å². The minimum absolute atomic E-state index is 0.0241. The molecule has 0 fully saturated rings. The first-order chi connectivity index (χ1) is 15.2. The Bertz CT molecular complexity index is 1120. The van der Waals surface area contributed by atoms with Crippen molar-refractivity contribution in [2.24, 2.45) is 0 Å². The Balaban J connectivity index is 1.28. The summed E-state index contributed by atoms with van der Waals surface area (Å²) in [5.74, 6) is 5.66. The number of halogens is 1. The number of benzene rings is 3. The molecule has 5 heteroatoms. The highest BCUT2D eigenvalue weighted by atomic mass is 19.1. The second-order valence-corrected chi connectivity index (χ2v) is 7.15. The van der Waals surface area contributed by atoms with E-state index in [1.807, 2.05) is 24.3 Å². The summed E-state index contributed by atoms with van der Waals surface area (Å²) in [4.78, 5) is 12.1. The van der Waals surface area contributed by atoms with Crippen molar-refractivity contribution in [3.63, 3.8) is 0 Å². The molecule has 0 saturated heterocycles. The smallest absolute Gasteiger partial charge is 0.407 e. The van der Waals surface area contributed by atoms with E-state index in [0.29, 0.717) is 24.3 Å². The molecule has 0 aliphatic heterocycles. The van der Waals surface area contributed by atoms with Gasteiger partial charge in [0, 0.05) is 24.9 Å². The van der Waals surface area contributed by atoms with Crippen LogP contribution in [-0.2, 0) is 4.74 Å². The average Bonchev–Trinajstić information content (AvgIpc) is 3.12. The molecule has 0 unspecified atom stereocenters. The van der Waals surface area contributed by atoms with Crippen molar-refractivity contribution in [3.05, 3.63) is 89.2 Å². The zero-order chi connectivity index (χ0) is 21.6. The largest absolute Gasteiger partial charge is 0.497 e. The van der Waals surface area contributed by atoms with E-state index in [1.54, 1.807) is 12.1 Å². The fraction of sp³-hybridized carbons (Fsp3) is 0.192. The van der Waals surface area contributed by atoms with Crippen molar-refractivity contribution in [2.75, 3.05) is 20.3 Å². The van der Waals surface area contributed by atoms with Gasteiger partial charge in [-0.3, -0.25) is 0 Å². The number of rotatable bonds is 5. The molecule has 1 aliphatic carbocycles. The van der Waals surface area contributed by atoms with Crippen LogP contribution in [0.4, 0.5) is 9.18 Å². The number of alkyl carbamates (subject to hydrolysis) is 1. The van der Waals surface area contributed by atoms with Crippen LogP contribution in [0.1, 0.15) is 29.0 Å². The van der Waals surface area contributed by atoms with Crippen LogP contribution in [0.5, 0.6) is 5.75 Å². The van der Waals surface area contributed by atoms with Gasteiger partial charge in [-0.25, -0.2) is 9.18 Å². The molecule has 156 valence electrons. The van der Waals surface area contributed by atoms with Crippen molar-refractivity contribution < 1.29 is 18.7 Å². The van der Waals surface area contributed by atoms with Crippen LogP contribution >= 0.6 is 0 Å². The summed E-state index contributed by atoms with van der Waals surface area (Å²) in [6.07, 6.45) is -0.102. The van der Waals surface area contributed by atoms with Gasteiger partial charge in [0.25, 0.3) is 0 Å². The van der Waals surface area contributed by atoms with Gasteiger partial charge >= 0.3 is 6.09 Å². The number of hydrogen-bond donors (Lipinski definition) is 1. The van der Waals surface area contributed by atoms with Crippen molar-refractivity contribution in [3.8, 4) is 28.7 Å². The predicted octanol–water partition coefficient (Wildman–Crippen LogP) is 5.11. The summed E-state index contributed by atoms with van der Waals surface area (Å²) < 4.78 is 24.3. The second-order valence-electron chi connectivity index (χ2n) is 7.15. The molecule has 0 aromatic heterocycles. The Morgan fingerprint density at radius 1 is 1.03 bits per heavy atom. The topological polar surface area (TPSA) is 47.6 Å². The third-order valence-corrected chi connectivity index (χ3v) is 5.26. The van der Waals surface area contributed by atoms with E-state index < -0.39 is 11.9 Å². The first kappa shape index (κ1) is 20.5. The van der Waals surface area contributed by atoms with Gasteiger partial charge in [0.1, 0.15) is 18.2 Å². The van der Waals surface area contributed by atoms with Crippen LogP contribution in [0.2, 0.25) is 0 Å². The van der Waals surface area contributed by atoms with Gasteiger partial charge in [-0.15, -0.1) is 0 Å². The molecular formula is C26H22FNO3. The molecule has 0 bridgehead atoms. The normalized spacial score (nSPS) is 11.7. The molecule has 0 atom stereocenters. The summed E-state index contributed by atoms with van der Waals surface area (Å²) in [5.41, 5.74) is 5.01. The lowest BCUT2D eigenvalue weighted by Crippen LogP contribution is -2.26. The Hall–Kier alpha value is -3.78. The van der Waals surface area contributed by atoms with E-state index in [9.17, 15) is 9.18 Å².